The van der Waals surface area contributed by atoms with E-state index in [9.17, 15) is 4.79 Å². The average Bonchev–Trinajstić information content (AvgIpc) is 2.40. The lowest BCUT2D eigenvalue weighted by Gasteiger charge is -2.03. The molecule has 1 N–H and O–H groups in total. The summed E-state index contributed by atoms with van der Waals surface area (Å²) in [5.74, 6) is 1.26. The van der Waals surface area contributed by atoms with Crippen molar-refractivity contribution in [2.24, 2.45) is 0 Å². The van der Waals surface area contributed by atoms with Crippen LogP contribution in [0.1, 0.15) is 19.8 Å². The Hall–Kier alpha value is -0.440. The number of hydrogen-bond acceptors (Lipinski definition) is 2. The molecule has 0 saturated carbocycles. The van der Waals surface area contributed by atoms with Crippen molar-refractivity contribution in [3.05, 3.63) is 11.8 Å². The molecule has 3 heteroatoms. The molecule has 1 saturated heterocycles. The molecule has 0 spiro atoms. The van der Waals surface area contributed by atoms with E-state index in [4.69, 9.17) is 0 Å². The molecule has 1 fully saturated rings. The Labute approximate surface area is 71.4 Å². The summed E-state index contributed by atoms with van der Waals surface area (Å²) in [6, 6.07) is 0. The second kappa shape index (κ2) is 4.44. The smallest absolute Gasteiger partial charge is 0.211 e. The fourth-order valence-electron chi connectivity index (χ4n) is 1.15. The molecular weight excluding hydrogens is 158 g/mol. The highest BCUT2D eigenvalue weighted by Crippen LogP contribution is 2.27. The van der Waals surface area contributed by atoms with Gasteiger partial charge in [-0.25, -0.2) is 0 Å². The van der Waals surface area contributed by atoms with Crippen LogP contribution in [0.5, 0.6) is 0 Å². The van der Waals surface area contributed by atoms with E-state index in [2.05, 4.69) is 11.4 Å². The zero-order valence-corrected chi connectivity index (χ0v) is 7.49. The number of amides is 1. The first-order chi connectivity index (χ1) is 5.33. The van der Waals surface area contributed by atoms with Gasteiger partial charge >= 0.3 is 0 Å². The minimum Gasteiger partial charge on any atom is -0.333 e. The Kier molecular flexibility index (Phi) is 3.49. The SMILES string of the molecule is CC(=CC1CCCS1)NC=O. The van der Waals surface area contributed by atoms with Crippen molar-refractivity contribution >= 4 is 18.2 Å². The number of allylic oxidation sites excluding steroid dienone is 1. The lowest BCUT2D eigenvalue weighted by atomic mass is 10.2. The van der Waals surface area contributed by atoms with Crippen LogP contribution >= 0.6 is 11.8 Å². The predicted molar refractivity (Wildman–Crippen MR) is 48.4 cm³/mol. The first-order valence-electron chi connectivity index (χ1n) is 3.83. The second-order valence-electron chi connectivity index (χ2n) is 2.66. The monoisotopic (exact) mass is 171 g/mol. The molecule has 1 heterocycles. The molecule has 0 aromatic carbocycles. The van der Waals surface area contributed by atoms with E-state index in [0.717, 1.165) is 12.1 Å². The summed E-state index contributed by atoms with van der Waals surface area (Å²) in [5, 5.41) is 3.27. The van der Waals surface area contributed by atoms with Crippen LogP contribution in [0.2, 0.25) is 0 Å². The van der Waals surface area contributed by atoms with Crippen molar-refractivity contribution in [1.82, 2.24) is 5.32 Å². The van der Waals surface area contributed by atoms with Crippen LogP contribution in [0.15, 0.2) is 11.8 Å². The maximum Gasteiger partial charge on any atom is 0.211 e. The summed E-state index contributed by atoms with van der Waals surface area (Å²) < 4.78 is 0. The Morgan fingerprint density at radius 1 is 1.73 bits per heavy atom. The van der Waals surface area contributed by atoms with E-state index in [1.807, 2.05) is 18.7 Å². The van der Waals surface area contributed by atoms with Gasteiger partial charge in [0, 0.05) is 10.9 Å². The second-order valence-corrected chi connectivity index (χ2v) is 4.01. The molecule has 0 bridgehead atoms. The van der Waals surface area contributed by atoms with E-state index in [1.165, 1.54) is 18.6 Å². The summed E-state index contributed by atoms with van der Waals surface area (Å²) in [5.41, 5.74) is 0.972. The highest BCUT2D eigenvalue weighted by atomic mass is 32.2. The van der Waals surface area contributed by atoms with E-state index in [0.29, 0.717) is 5.25 Å². The van der Waals surface area contributed by atoms with Crippen molar-refractivity contribution in [3.63, 3.8) is 0 Å². The van der Waals surface area contributed by atoms with Gasteiger partial charge in [0.05, 0.1) is 0 Å². The molecule has 62 valence electrons. The van der Waals surface area contributed by atoms with Crippen molar-refractivity contribution < 1.29 is 4.79 Å². The quantitative estimate of drug-likeness (QED) is 0.652. The first-order valence-corrected chi connectivity index (χ1v) is 4.88. The zero-order valence-electron chi connectivity index (χ0n) is 6.67. The van der Waals surface area contributed by atoms with Crippen LogP contribution < -0.4 is 5.32 Å². The highest BCUT2D eigenvalue weighted by Gasteiger charge is 2.12. The van der Waals surface area contributed by atoms with E-state index >= 15 is 0 Å². The largest absolute Gasteiger partial charge is 0.333 e. The predicted octanol–water partition coefficient (Wildman–Crippen LogP) is 1.53. The molecule has 1 aliphatic rings. The number of thioether (sulfide) groups is 1. The summed E-state index contributed by atoms with van der Waals surface area (Å²) in [7, 11) is 0. The van der Waals surface area contributed by atoms with Gasteiger partial charge in [0.25, 0.3) is 0 Å². The molecule has 1 aliphatic heterocycles. The average molecular weight is 171 g/mol. The molecule has 0 radical (unpaired) electrons. The maximum atomic E-state index is 10.0. The number of carbonyl (C=O) groups is 1. The minimum atomic E-state index is 0.627. The number of nitrogens with one attached hydrogen (secondary N) is 1. The molecule has 1 unspecified atom stereocenters. The molecule has 1 amide bonds. The first kappa shape index (κ1) is 8.65. The fourth-order valence-corrected chi connectivity index (χ4v) is 2.42. The van der Waals surface area contributed by atoms with E-state index in [-0.39, 0.29) is 0 Å². The van der Waals surface area contributed by atoms with Gasteiger partial charge in [0.15, 0.2) is 0 Å². The third kappa shape index (κ3) is 2.97. The number of hydrogen-bond donors (Lipinski definition) is 1. The van der Waals surface area contributed by atoms with Gasteiger partial charge in [0.1, 0.15) is 0 Å². The molecule has 0 aliphatic carbocycles. The molecule has 0 aromatic heterocycles. The van der Waals surface area contributed by atoms with Gasteiger partial charge in [-0.15, -0.1) is 0 Å². The summed E-state index contributed by atoms with van der Waals surface area (Å²) >= 11 is 1.96. The molecule has 0 aromatic rings. The third-order valence-electron chi connectivity index (χ3n) is 1.69. The standard InChI is InChI=1S/C8H13NOS/c1-7(9-6-10)5-8-3-2-4-11-8/h5-6,8H,2-4H2,1H3,(H,9,10). The fraction of sp³-hybridized carbons (Fsp3) is 0.625. The van der Waals surface area contributed by atoms with Gasteiger partial charge in [-0.05, 0) is 25.5 Å². The number of carbonyl (C=O) groups excluding carboxylic acids is 1. The summed E-state index contributed by atoms with van der Waals surface area (Å²) in [6.45, 7) is 1.92. The van der Waals surface area contributed by atoms with Gasteiger partial charge in [-0.1, -0.05) is 6.08 Å². The summed E-state index contributed by atoms with van der Waals surface area (Å²) in [6.07, 6.45) is 5.42. The van der Waals surface area contributed by atoms with Crippen LogP contribution in [0.3, 0.4) is 0 Å². The Morgan fingerprint density at radius 2 is 2.55 bits per heavy atom. The van der Waals surface area contributed by atoms with E-state index < -0.39 is 0 Å². The van der Waals surface area contributed by atoms with Crippen molar-refractivity contribution in [1.29, 1.82) is 0 Å². The third-order valence-corrected chi connectivity index (χ3v) is 3.01. The topological polar surface area (TPSA) is 29.1 Å². The summed E-state index contributed by atoms with van der Waals surface area (Å²) in [4.78, 5) is 10.0. The van der Waals surface area contributed by atoms with Gasteiger partial charge in [-0.2, -0.15) is 11.8 Å². The van der Waals surface area contributed by atoms with Crippen molar-refractivity contribution in [3.8, 4) is 0 Å². The molecule has 1 rings (SSSR count). The normalized spacial score (nSPS) is 25.2. The minimum absolute atomic E-state index is 0.627. The highest BCUT2D eigenvalue weighted by molar-refractivity contribution is 8.00. The number of rotatable bonds is 3. The van der Waals surface area contributed by atoms with Crippen LogP contribution in [0, 0.1) is 0 Å². The van der Waals surface area contributed by atoms with Gasteiger partial charge in [-0.3, -0.25) is 4.79 Å². The zero-order chi connectivity index (χ0) is 8.10. The lowest BCUT2D eigenvalue weighted by molar-refractivity contribution is -0.108. The Balaban J connectivity index is 2.35. The van der Waals surface area contributed by atoms with Crippen LogP contribution in [0.4, 0.5) is 0 Å². The van der Waals surface area contributed by atoms with Crippen LogP contribution in [-0.2, 0) is 4.79 Å². The van der Waals surface area contributed by atoms with Gasteiger partial charge < -0.3 is 5.32 Å². The Morgan fingerprint density at radius 3 is 3.09 bits per heavy atom. The molecule has 1 atom stereocenters. The van der Waals surface area contributed by atoms with E-state index in [1.54, 1.807) is 0 Å². The van der Waals surface area contributed by atoms with Crippen LogP contribution in [0.25, 0.3) is 0 Å². The maximum absolute atomic E-state index is 10.0. The van der Waals surface area contributed by atoms with Gasteiger partial charge in [0.2, 0.25) is 6.41 Å². The lowest BCUT2D eigenvalue weighted by Crippen LogP contribution is -2.09. The molecule has 2 nitrogen and oxygen atoms in total. The Bertz CT molecular complexity index is 161. The molecule has 11 heavy (non-hydrogen) atoms. The molecular formula is C8H13NOS. The van der Waals surface area contributed by atoms with Crippen molar-refractivity contribution in [2.75, 3.05) is 5.75 Å². The van der Waals surface area contributed by atoms with Crippen molar-refractivity contribution in [2.45, 2.75) is 25.0 Å². The van der Waals surface area contributed by atoms with Crippen LogP contribution in [-0.4, -0.2) is 17.4 Å².